The third-order valence-corrected chi connectivity index (χ3v) is 6.06. The van der Waals surface area contributed by atoms with E-state index in [9.17, 15) is 10.1 Å². The maximum Gasteiger partial charge on any atom is 0.373 e. The first-order valence-electron chi connectivity index (χ1n) is 7.63. The number of nitro groups is 1. The summed E-state index contributed by atoms with van der Waals surface area (Å²) in [7, 11) is 0. The first-order chi connectivity index (χ1) is 11.6. The molecule has 3 aromatic heterocycles. The van der Waals surface area contributed by atoms with E-state index in [1.165, 1.54) is 11.3 Å². The minimum Gasteiger partial charge on any atom is -0.358 e. The summed E-state index contributed by atoms with van der Waals surface area (Å²) < 4.78 is 1.56. The molecule has 0 radical (unpaired) electrons. The second kappa shape index (κ2) is 6.11. The third kappa shape index (κ3) is 2.56. The number of hydrogen-bond acceptors (Lipinski definition) is 8. The van der Waals surface area contributed by atoms with Crippen molar-refractivity contribution in [3.63, 3.8) is 0 Å². The average Bonchev–Trinajstić information content (AvgIpc) is 3.30. The minimum atomic E-state index is -0.341. The Hall–Kier alpha value is -2.04. The number of thiazole rings is 2. The van der Waals surface area contributed by atoms with E-state index in [1.54, 1.807) is 21.9 Å². The van der Waals surface area contributed by atoms with Crippen molar-refractivity contribution in [2.75, 3.05) is 31.1 Å². The summed E-state index contributed by atoms with van der Waals surface area (Å²) in [5, 5.41) is 16.4. The molecule has 0 bridgehead atoms. The fourth-order valence-electron chi connectivity index (χ4n) is 3.06. The lowest BCUT2D eigenvalue weighted by atomic mass is 10.2. The van der Waals surface area contributed by atoms with E-state index < -0.39 is 0 Å². The van der Waals surface area contributed by atoms with Gasteiger partial charge in [-0.25, -0.2) is 4.98 Å². The fraction of sp³-hybridized carbons (Fsp3) is 0.429. The van der Waals surface area contributed by atoms with Crippen LogP contribution in [0, 0.1) is 10.1 Å². The first kappa shape index (κ1) is 15.5. The maximum absolute atomic E-state index is 11.5. The van der Waals surface area contributed by atoms with E-state index in [0.29, 0.717) is 10.8 Å². The Balaban J connectivity index is 1.53. The van der Waals surface area contributed by atoms with Crippen molar-refractivity contribution in [1.82, 2.24) is 19.3 Å². The van der Waals surface area contributed by atoms with Crippen LogP contribution in [0.5, 0.6) is 0 Å². The van der Waals surface area contributed by atoms with Gasteiger partial charge in [0, 0.05) is 43.1 Å². The standard InChI is InChI=1S/C14H16N6O2S2/c1-10(12-15-2-8-23-12)17-3-5-18(6-4-17)11-13(20(21)22)19-7-9-24-14(19)16-11/h2,7-10H,3-6H2,1H3. The fourth-order valence-corrected chi connectivity index (χ4v) is 4.50. The van der Waals surface area contributed by atoms with Gasteiger partial charge in [-0.2, -0.15) is 9.38 Å². The van der Waals surface area contributed by atoms with Crippen molar-refractivity contribution in [3.8, 4) is 0 Å². The van der Waals surface area contributed by atoms with Crippen LogP contribution in [-0.4, -0.2) is 50.4 Å². The molecular formula is C14H16N6O2S2. The van der Waals surface area contributed by atoms with Crippen LogP contribution in [0.25, 0.3) is 4.96 Å². The number of anilines is 1. The van der Waals surface area contributed by atoms with Crippen molar-refractivity contribution in [1.29, 1.82) is 0 Å². The molecule has 126 valence electrons. The Morgan fingerprint density at radius 2 is 2.04 bits per heavy atom. The molecule has 1 saturated heterocycles. The normalized spacial score (nSPS) is 17.5. The Bertz CT molecular complexity index is 850. The van der Waals surface area contributed by atoms with Crippen molar-refractivity contribution < 1.29 is 4.92 Å². The average molecular weight is 364 g/mol. The number of hydrogen-bond donors (Lipinski definition) is 0. The van der Waals surface area contributed by atoms with Gasteiger partial charge in [0.15, 0.2) is 0 Å². The van der Waals surface area contributed by atoms with Crippen LogP contribution in [0.3, 0.4) is 0 Å². The number of fused-ring (bicyclic) bond motifs is 1. The van der Waals surface area contributed by atoms with Gasteiger partial charge in [0.2, 0.25) is 5.82 Å². The van der Waals surface area contributed by atoms with Crippen LogP contribution >= 0.6 is 22.7 Å². The summed E-state index contributed by atoms with van der Waals surface area (Å²) in [6, 6.07) is 0.271. The second-order valence-corrected chi connectivity index (χ2v) is 7.44. The zero-order valence-corrected chi connectivity index (χ0v) is 14.7. The predicted octanol–water partition coefficient (Wildman–Crippen LogP) is 2.64. The lowest BCUT2D eigenvalue weighted by Crippen LogP contribution is -2.47. The monoisotopic (exact) mass is 364 g/mol. The highest BCUT2D eigenvalue weighted by molar-refractivity contribution is 7.15. The summed E-state index contributed by atoms with van der Waals surface area (Å²) in [6.07, 6.45) is 3.53. The quantitative estimate of drug-likeness (QED) is 0.523. The zero-order valence-electron chi connectivity index (χ0n) is 13.0. The molecule has 0 aromatic carbocycles. The number of piperazine rings is 1. The lowest BCUT2D eigenvalue weighted by molar-refractivity contribution is -0.389. The molecule has 4 heterocycles. The maximum atomic E-state index is 11.5. The van der Waals surface area contributed by atoms with Crippen LogP contribution in [0.2, 0.25) is 0 Å². The van der Waals surface area contributed by atoms with Gasteiger partial charge in [-0.05, 0) is 11.8 Å². The highest BCUT2D eigenvalue weighted by Crippen LogP contribution is 2.32. The van der Waals surface area contributed by atoms with E-state index in [4.69, 9.17) is 0 Å². The smallest absolute Gasteiger partial charge is 0.358 e. The van der Waals surface area contributed by atoms with Gasteiger partial charge in [0.25, 0.3) is 4.96 Å². The largest absolute Gasteiger partial charge is 0.373 e. The summed E-state index contributed by atoms with van der Waals surface area (Å²) in [5.41, 5.74) is 0. The van der Waals surface area contributed by atoms with Crippen molar-refractivity contribution in [2.45, 2.75) is 13.0 Å². The predicted molar refractivity (Wildman–Crippen MR) is 94.0 cm³/mol. The second-order valence-electron chi connectivity index (χ2n) is 5.64. The van der Waals surface area contributed by atoms with Crippen molar-refractivity contribution >= 4 is 39.3 Å². The van der Waals surface area contributed by atoms with Gasteiger partial charge >= 0.3 is 5.82 Å². The summed E-state index contributed by atoms with van der Waals surface area (Å²) in [4.78, 5) is 25.0. The summed E-state index contributed by atoms with van der Waals surface area (Å²) in [6.45, 7) is 5.28. The number of imidazole rings is 1. The molecule has 10 heteroatoms. The Morgan fingerprint density at radius 3 is 2.71 bits per heavy atom. The van der Waals surface area contributed by atoms with Gasteiger partial charge in [0.05, 0.1) is 6.04 Å². The van der Waals surface area contributed by atoms with E-state index in [0.717, 1.165) is 31.2 Å². The molecule has 0 amide bonds. The highest BCUT2D eigenvalue weighted by atomic mass is 32.1. The number of rotatable bonds is 4. The molecule has 1 aliphatic rings. The molecule has 1 aliphatic heterocycles. The van der Waals surface area contributed by atoms with Gasteiger partial charge in [0.1, 0.15) is 11.2 Å². The molecule has 24 heavy (non-hydrogen) atoms. The SMILES string of the molecule is CC(c1nccs1)N1CCN(c2nc3sccn3c2[N+](=O)[O-])CC1. The van der Waals surface area contributed by atoms with Gasteiger partial charge in [-0.15, -0.1) is 11.3 Å². The van der Waals surface area contributed by atoms with Crippen molar-refractivity contribution in [3.05, 3.63) is 38.3 Å². The van der Waals surface area contributed by atoms with Crippen LogP contribution in [0.4, 0.5) is 11.6 Å². The summed E-state index contributed by atoms with van der Waals surface area (Å²) >= 11 is 3.07. The molecule has 0 saturated carbocycles. The zero-order chi connectivity index (χ0) is 16.7. The molecule has 1 unspecified atom stereocenters. The van der Waals surface area contributed by atoms with E-state index in [2.05, 4.69) is 21.8 Å². The molecule has 0 aliphatic carbocycles. The van der Waals surface area contributed by atoms with Crippen molar-refractivity contribution in [2.24, 2.45) is 0 Å². The molecule has 0 N–H and O–H groups in total. The molecule has 1 fully saturated rings. The molecule has 4 rings (SSSR count). The van der Waals surface area contributed by atoms with Crippen LogP contribution in [0.1, 0.15) is 18.0 Å². The minimum absolute atomic E-state index is 0.0627. The van der Waals surface area contributed by atoms with E-state index in [-0.39, 0.29) is 16.8 Å². The number of aromatic nitrogens is 3. The van der Waals surface area contributed by atoms with Gasteiger partial charge < -0.3 is 15.0 Å². The Morgan fingerprint density at radius 1 is 1.25 bits per heavy atom. The Labute approximate surface area is 146 Å². The highest BCUT2D eigenvalue weighted by Gasteiger charge is 2.31. The lowest BCUT2D eigenvalue weighted by Gasteiger charge is -2.37. The summed E-state index contributed by atoms with van der Waals surface area (Å²) in [5.74, 6) is 0.543. The van der Waals surface area contributed by atoms with Crippen LogP contribution in [-0.2, 0) is 0 Å². The van der Waals surface area contributed by atoms with Crippen LogP contribution < -0.4 is 4.90 Å². The molecular weight excluding hydrogens is 348 g/mol. The Kier molecular flexibility index (Phi) is 3.94. The van der Waals surface area contributed by atoms with Gasteiger partial charge in [-0.1, -0.05) is 11.3 Å². The van der Waals surface area contributed by atoms with Crippen LogP contribution in [0.15, 0.2) is 23.2 Å². The third-order valence-electron chi connectivity index (χ3n) is 4.36. The molecule has 8 nitrogen and oxygen atoms in total. The van der Waals surface area contributed by atoms with E-state index in [1.807, 2.05) is 21.9 Å². The molecule has 3 aromatic rings. The molecule has 1 atom stereocenters. The van der Waals surface area contributed by atoms with Gasteiger partial charge in [-0.3, -0.25) is 4.90 Å². The first-order valence-corrected chi connectivity index (χ1v) is 9.39. The number of nitrogens with zero attached hydrogens (tertiary/aromatic N) is 6. The van der Waals surface area contributed by atoms with E-state index >= 15 is 0 Å². The molecule has 0 spiro atoms. The topological polar surface area (TPSA) is 79.8 Å².